The van der Waals surface area contributed by atoms with Gasteiger partial charge in [-0.05, 0) is 98.9 Å². The van der Waals surface area contributed by atoms with E-state index in [1.54, 1.807) is 0 Å². The average molecular weight is 729 g/mol. The SMILES string of the molecule is C#CCOC1C/C(=C\c2ccc(OC3CCCCO3)c(OC3CCCCO3)c2)C(=O)/C(=C/c2ccc(OC3CCCCO3)c(OC3CCCCO3)c2)C1. The van der Waals surface area contributed by atoms with Crippen molar-refractivity contribution in [3.63, 3.8) is 0 Å². The highest BCUT2D eigenvalue weighted by molar-refractivity contribution is 6.14. The molecule has 1 saturated carbocycles. The molecule has 0 amide bonds. The van der Waals surface area contributed by atoms with Gasteiger partial charge < -0.3 is 42.6 Å². The van der Waals surface area contributed by atoms with Gasteiger partial charge in [-0.2, -0.15) is 0 Å². The fourth-order valence-electron chi connectivity index (χ4n) is 7.28. The number of Topliss-reactive ketones (excluding diaryl/α,β-unsaturated/α-hetero) is 1. The van der Waals surface area contributed by atoms with Crippen LogP contribution in [0.1, 0.15) is 101 Å². The molecular weight excluding hydrogens is 676 g/mol. The first-order chi connectivity index (χ1) is 26.1. The number of carbonyl (C=O) groups is 1. The minimum atomic E-state index is -0.362. The van der Waals surface area contributed by atoms with E-state index in [1.165, 1.54) is 0 Å². The summed E-state index contributed by atoms with van der Waals surface area (Å²) in [4.78, 5) is 14.2. The van der Waals surface area contributed by atoms with Gasteiger partial charge in [-0.3, -0.25) is 4.79 Å². The maximum Gasteiger partial charge on any atom is 0.200 e. The molecule has 1 aliphatic carbocycles. The zero-order valence-electron chi connectivity index (χ0n) is 30.6. The second-order valence-corrected chi connectivity index (χ2v) is 14.3. The van der Waals surface area contributed by atoms with Crippen LogP contribution in [0.3, 0.4) is 0 Å². The molecule has 0 N–H and O–H groups in total. The van der Waals surface area contributed by atoms with Gasteiger partial charge in [-0.25, -0.2) is 0 Å². The molecule has 0 aromatic heterocycles. The van der Waals surface area contributed by atoms with E-state index in [-0.39, 0.29) is 43.7 Å². The third-order valence-electron chi connectivity index (χ3n) is 10.1. The Morgan fingerprint density at radius 1 is 0.585 bits per heavy atom. The molecule has 284 valence electrons. The lowest BCUT2D eigenvalue weighted by Crippen LogP contribution is -2.27. The van der Waals surface area contributed by atoms with Crippen LogP contribution in [0.4, 0.5) is 0 Å². The molecule has 5 fully saturated rings. The van der Waals surface area contributed by atoms with E-state index in [0.29, 0.717) is 73.4 Å². The molecule has 4 aliphatic heterocycles. The summed E-state index contributed by atoms with van der Waals surface area (Å²) >= 11 is 0. The van der Waals surface area contributed by atoms with Crippen LogP contribution in [-0.4, -0.2) is 70.1 Å². The first-order valence-corrected chi connectivity index (χ1v) is 19.5. The van der Waals surface area contributed by atoms with Gasteiger partial charge >= 0.3 is 0 Å². The van der Waals surface area contributed by atoms with Gasteiger partial charge in [0, 0.05) is 49.7 Å². The van der Waals surface area contributed by atoms with Gasteiger partial charge in [0.05, 0.1) is 32.5 Å². The molecule has 10 heteroatoms. The van der Waals surface area contributed by atoms with E-state index in [0.717, 1.165) is 88.2 Å². The molecule has 0 spiro atoms. The van der Waals surface area contributed by atoms with Crippen LogP contribution in [0.15, 0.2) is 47.5 Å². The molecule has 0 radical (unpaired) electrons. The number of terminal acetylenes is 1. The van der Waals surface area contributed by atoms with Crippen LogP contribution in [-0.2, 0) is 28.5 Å². The summed E-state index contributed by atoms with van der Waals surface area (Å²) in [5.41, 5.74) is 2.86. The number of carbonyl (C=O) groups excluding carboxylic acids is 1. The summed E-state index contributed by atoms with van der Waals surface area (Å²) < 4.78 is 54.9. The van der Waals surface area contributed by atoms with Gasteiger partial charge in [0.2, 0.25) is 0 Å². The van der Waals surface area contributed by atoms with Crippen LogP contribution >= 0.6 is 0 Å². The van der Waals surface area contributed by atoms with E-state index >= 15 is 0 Å². The third kappa shape index (κ3) is 10.6. The summed E-state index contributed by atoms with van der Waals surface area (Å²) in [5, 5.41) is 0. The largest absolute Gasteiger partial charge is 0.461 e. The molecular formula is C43H52O10. The highest BCUT2D eigenvalue weighted by Crippen LogP contribution is 2.38. The van der Waals surface area contributed by atoms with E-state index in [4.69, 9.17) is 49.1 Å². The Hall–Kier alpha value is -3.85. The fraction of sp³-hybridized carbons (Fsp3) is 0.558. The number of rotatable bonds is 12. The molecule has 7 rings (SSSR count). The second kappa shape index (κ2) is 19.0. The van der Waals surface area contributed by atoms with Crippen molar-refractivity contribution in [2.24, 2.45) is 0 Å². The first-order valence-electron chi connectivity index (χ1n) is 19.5. The van der Waals surface area contributed by atoms with Gasteiger partial charge in [0.1, 0.15) is 6.61 Å². The molecule has 2 aromatic carbocycles. The predicted octanol–water partition coefficient (Wildman–Crippen LogP) is 8.16. The molecule has 10 nitrogen and oxygen atoms in total. The number of ether oxygens (including phenoxy) is 9. The van der Waals surface area contributed by atoms with Gasteiger partial charge in [-0.1, -0.05) is 18.1 Å². The molecule has 2 aromatic rings. The number of ketones is 1. The average Bonchev–Trinajstić information content (AvgIpc) is 3.19. The molecule has 4 heterocycles. The summed E-state index contributed by atoms with van der Waals surface area (Å²) in [6, 6.07) is 11.5. The van der Waals surface area contributed by atoms with Crippen molar-refractivity contribution in [1.82, 2.24) is 0 Å². The van der Waals surface area contributed by atoms with Gasteiger partial charge in [0.25, 0.3) is 0 Å². The van der Waals surface area contributed by atoms with Crippen molar-refractivity contribution in [3.8, 4) is 35.3 Å². The van der Waals surface area contributed by atoms with Crippen molar-refractivity contribution in [1.29, 1.82) is 0 Å². The standard InChI is InChI=1S/C43H52O10/c1-2-19-45-34-28-32(24-30-15-17-35(50-39-11-3-7-20-46-39)37(26-30)52-41-13-5-9-22-48-41)43(44)33(29-34)25-31-16-18-36(51-40-12-4-8-21-47-40)38(27-31)53-42-14-6-10-23-49-42/h1,15-18,24-27,34,39-42H,3-14,19-23,28-29H2/b32-24+,33-25+. The Kier molecular flexibility index (Phi) is 13.4. The minimum Gasteiger partial charge on any atom is -0.461 e. The summed E-state index contributed by atoms with van der Waals surface area (Å²) in [5.74, 6) is 4.85. The van der Waals surface area contributed by atoms with Gasteiger partial charge in [0.15, 0.2) is 53.9 Å². The van der Waals surface area contributed by atoms with E-state index in [2.05, 4.69) is 5.92 Å². The normalized spacial score (nSPS) is 28.3. The Labute approximate surface area is 313 Å². The minimum absolute atomic E-state index is 0.0476. The predicted molar refractivity (Wildman–Crippen MR) is 199 cm³/mol. The van der Waals surface area contributed by atoms with Crippen LogP contribution in [0.5, 0.6) is 23.0 Å². The Morgan fingerprint density at radius 2 is 0.981 bits per heavy atom. The van der Waals surface area contributed by atoms with Gasteiger partial charge in [-0.15, -0.1) is 6.42 Å². The zero-order valence-corrected chi connectivity index (χ0v) is 30.6. The van der Waals surface area contributed by atoms with Crippen molar-refractivity contribution >= 4 is 17.9 Å². The molecule has 0 bridgehead atoms. The zero-order chi connectivity index (χ0) is 36.2. The molecule has 4 atom stereocenters. The van der Waals surface area contributed by atoms with E-state index in [9.17, 15) is 4.79 Å². The Balaban J connectivity index is 1.16. The van der Waals surface area contributed by atoms with Crippen LogP contribution in [0.25, 0.3) is 12.2 Å². The topological polar surface area (TPSA) is 100 Å². The maximum absolute atomic E-state index is 14.2. The molecule has 4 saturated heterocycles. The third-order valence-corrected chi connectivity index (χ3v) is 10.1. The highest BCUT2D eigenvalue weighted by Gasteiger charge is 2.30. The Morgan fingerprint density at radius 3 is 1.34 bits per heavy atom. The summed E-state index contributed by atoms with van der Waals surface area (Å²) in [6.07, 6.45) is 20.1. The summed E-state index contributed by atoms with van der Waals surface area (Å²) in [6.45, 7) is 2.82. The van der Waals surface area contributed by atoms with Crippen LogP contribution in [0.2, 0.25) is 0 Å². The highest BCUT2D eigenvalue weighted by atomic mass is 16.7. The van der Waals surface area contributed by atoms with Crippen molar-refractivity contribution in [3.05, 3.63) is 58.7 Å². The molecule has 5 aliphatic rings. The molecule has 4 unspecified atom stereocenters. The summed E-state index contributed by atoms with van der Waals surface area (Å²) in [7, 11) is 0. The monoisotopic (exact) mass is 728 g/mol. The fourth-order valence-corrected chi connectivity index (χ4v) is 7.28. The van der Waals surface area contributed by atoms with Crippen LogP contribution < -0.4 is 18.9 Å². The van der Waals surface area contributed by atoms with E-state index < -0.39 is 0 Å². The lowest BCUT2D eigenvalue weighted by molar-refractivity contribution is -0.119. The van der Waals surface area contributed by atoms with E-state index in [1.807, 2.05) is 48.6 Å². The molecule has 53 heavy (non-hydrogen) atoms. The maximum atomic E-state index is 14.2. The Bertz CT molecular complexity index is 1510. The smallest absolute Gasteiger partial charge is 0.200 e. The number of hydrogen-bond acceptors (Lipinski definition) is 10. The first kappa shape index (κ1) is 37.5. The van der Waals surface area contributed by atoms with Crippen molar-refractivity contribution in [2.45, 2.75) is 121 Å². The lowest BCUT2D eigenvalue weighted by atomic mass is 9.85. The number of benzene rings is 2. The van der Waals surface area contributed by atoms with Crippen LogP contribution in [0, 0.1) is 12.3 Å². The van der Waals surface area contributed by atoms with Crippen molar-refractivity contribution in [2.75, 3.05) is 33.0 Å². The second-order valence-electron chi connectivity index (χ2n) is 14.3. The quantitative estimate of drug-likeness (QED) is 0.157. The van der Waals surface area contributed by atoms with Crippen molar-refractivity contribution < 1.29 is 47.4 Å². The number of hydrogen-bond donors (Lipinski definition) is 0. The lowest BCUT2D eigenvalue weighted by Gasteiger charge is -2.28.